The molecule has 1 rings (SSSR count). The fourth-order valence-corrected chi connectivity index (χ4v) is 2.09. The molecule has 1 fully saturated rings. The fourth-order valence-electron chi connectivity index (χ4n) is 2.09. The Morgan fingerprint density at radius 2 is 1.57 bits per heavy atom. The zero-order chi connectivity index (χ0) is 10.6. The number of rotatable bonds is 4. The van der Waals surface area contributed by atoms with Crippen LogP contribution in [0.4, 0.5) is 0 Å². The second-order valence-electron chi connectivity index (χ2n) is 4.13. The summed E-state index contributed by atoms with van der Waals surface area (Å²) in [6.45, 7) is -0.509. The molecule has 84 valence electrons. The molecule has 4 N–H and O–H groups in total. The summed E-state index contributed by atoms with van der Waals surface area (Å²) in [6.07, 6.45) is 1.77. The first-order chi connectivity index (χ1) is 6.66. The van der Waals surface area contributed by atoms with E-state index in [9.17, 15) is 10.2 Å². The van der Waals surface area contributed by atoms with Gasteiger partial charge in [0.2, 0.25) is 0 Å². The van der Waals surface area contributed by atoms with Gasteiger partial charge in [0.05, 0.1) is 12.7 Å². The molecule has 0 amide bonds. The van der Waals surface area contributed by atoms with E-state index >= 15 is 0 Å². The lowest BCUT2D eigenvalue weighted by Crippen LogP contribution is -2.43. The van der Waals surface area contributed by atoms with E-state index in [-0.39, 0.29) is 5.92 Å². The SMILES string of the molecule is OCC(O)C(O)C(O)C1CCCCC1. The average molecular weight is 204 g/mol. The van der Waals surface area contributed by atoms with Crippen molar-refractivity contribution >= 4 is 0 Å². The molecular weight excluding hydrogens is 184 g/mol. The second-order valence-corrected chi connectivity index (χ2v) is 4.13. The highest BCUT2D eigenvalue weighted by atomic mass is 16.4. The molecule has 0 aromatic heterocycles. The van der Waals surface area contributed by atoms with Crippen molar-refractivity contribution in [1.82, 2.24) is 0 Å². The Morgan fingerprint density at radius 1 is 1.00 bits per heavy atom. The molecule has 0 heterocycles. The van der Waals surface area contributed by atoms with E-state index in [1.807, 2.05) is 0 Å². The summed E-state index contributed by atoms with van der Waals surface area (Å²) in [7, 11) is 0. The van der Waals surface area contributed by atoms with Crippen LogP contribution in [0.1, 0.15) is 32.1 Å². The number of aliphatic hydroxyl groups is 4. The molecule has 0 spiro atoms. The van der Waals surface area contributed by atoms with Crippen LogP contribution >= 0.6 is 0 Å². The Bertz CT molecular complexity index is 154. The van der Waals surface area contributed by atoms with Gasteiger partial charge in [0.25, 0.3) is 0 Å². The van der Waals surface area contributed by atoms with E-state index in [2.05, 4.69) is 0 Å². The van der Waals surface area contributed by atoms with Gasteiger partial charge in [0.15, 0.2) is 0 Å². The van der Waals surface area contributed by atoms with Gasteiger partial charge in [-0.05, 0) is 18.8 Å². The molecule has 3 unspecified atom stereocenters. The van der Waals surface area contributed by atoms with Crippen molar-refractivity contribution in [3.63, 3.8) is 0 Å². The predicted molar refractivity (Wildman–Crippen MR) is 51.7 cm³/mol. The molecule has 3 atom stereocenters. The molecule has 0 radical (unpaired) electrons. The molecule has 0 aliphatic heterocycles. The number of aliphatic hydroxyl groups excluding tert-OH is 4. The summed E-state index contributed by atoms with van der Waals surface area (Å²) in [6, 6.07) is 0. The highest BCUT2D eigenvalue weighted by Crippen LogP contribution is 2.28. The largest absolute Gasteiger partial charge is 0.394 e. The summed E-state index contributed by atoms with van der Waals surface area (Å²) in [4.78, 5) is 0. The standard InChI is InChI=1S/C10H20O4/c11-6-8(12)10(14)9(13)7-4-2-1-3-5-7/h7-14H,1-6H2. The Hall–Kier alpha value is -0.160. The summed E-state index contributed by atoms with van der Waals surface area (Å²) < 4.78 is 0. The van der Waals surface area contributed by atoms with Crippen molar-refractivity contribution in [2.24, 2.45) is 5.92 Å². The van der Waals surface area contributed by atoms with E-state index in [0.29, 0.717) is 0 Å². The lowest BCUT2D eigenvalue weighted by atomic mass is 9.82. The Balaban J connectivity index is 2.41. The van der Waals surface area contributed by atoms with E-state index in [1.165, 1.54) is 6.42 Å². The molecule has 0 saturated heterocycles. The fraction of sp³-hybridized carbons (Fsp3) is 1.00. The van der Waals surface area contributed by atoms with Gasteiger partial charge in [-0.15, -0.1) is 0 Å². The smallest absolute Gasteiger partial charge is 0.108 e. The van der Waals surface area contributed by atoms with Crippen molar-refractivity contribution in [3.8, 4) is 0 Å². The van der Waals surface area contributed by atoms with Crippen LogP contribution in [0.3, 0.4) is 0 Å². The number of hydrogen-bond donors (Lipinski definition) is 4. The van der Waals surface area contributed by atoms with Gasteiger partial charge in [-0.3, -0.25) is 0 Å². The highest BCUT2D eigenvalue weighted by Gasteiger charge is 2.31. The van der Waals surface area contributed by atoms with E-state index < -0.39 is 24.9 Å². The molecule has 1 aliphatic carbocycles. The lowest BCUT2D eigenvalue weighted by molar-refractivity contribution is -0.0989. The van der Waals surface area contributed by atoms with Crippen molar-refractivity contribution < 1.29 is 20.4 Å². The Kier molecular flexibility index (Phi) is 4.81. The normalized spacial score (nSPS) is 25.7. The molecule has 1 aliphatic rings. The molecule has 4 nitrogen and oxygen atoms in total. The van der Waals surface area contributed by atoms with Crippen LogP contribution < -0.4 is 0 Å². The van der Waals surface area contributed by atoms with Crippen LogP contribution in [0.2, 0.25) is 0 Å². The summed E-state index contributed by atoms with van der Waals surface area (Å²) in [5.74, 6) is 0.0694. The first-order valence-corrected chi connectivity index (χ1v) is 5.32. The maximum Gasteiger partial charge on any atom is 0.108 e. The van der Waals surface area contributed by atoms with Gasteiger partial charge in [-0.2, -0.15) is 0 Å². The van der Waals surface area contributed by atoms with Crippen LogP contribution in [0.5, 0.6) is 0 Å². The van der Waals surface area contributed by atoms with E-state index in [0.717, 1.165) is 25.7 Å². The lowest BCUT2D eigenvalue weighted by Gasteiger charge is -2.31. The van der Waals surface area contributed by atoms with Crippen molar-refractivity contribution in [1.29, 1.82) is 0 Å². The monoisotopic (exact) mass is 204 g/mol. The maximum absolute atomic E-state index is 9.72. The minimum absolute atomic E-state index is 0.0694. The van der Waals surface area contributed by atoms with Gasteiger partial charge >= 0.3 is 0 Å². The van der Waals surface area contributed by atoms with Gasteiger partial charge in [0.1, 0.15) is 12.2 Å². The van der Waals surface area contributed by atoms with Crippen LogP contribution in [-0.2, 0) is 0 Å². The molecule has 14 heavy (non-hydrogen) atoms. The van der Waals surface area contributed by atoms with Gasteiger partial charge in [-0.25, -0.2) is 0 Å². The molecule has 4 heteroatoms. The van der Waals surface area contributed by atoms with Gasteiger partial charge in [0, 0.05) is 0 Å². The third-order valence-electron chi connectivity index (χ3n) is 3.06. The average Bonchev–Trinajstić information content (AvgIpc) is 2.27. The van der Waals surface area contributed by atoms with Crippen molar-refractivity contribution in [2.45, 2.75) is 50.4 Å². The maximum atomic E-state index is 9.72. The van der Waals surface area contributed by atoms with Gasteiger partial charge in [-0.1, -0.05) is 19.3 Å². The third-order valence-corrected chi connectivity index (χ3v) is 3.06. The Labute approximate surface area is 84.2 Å². The molecule has 1 saturated carbocycles. The first kappa shape index (κ1) is 11.9. The van der Waals surface area contributed by atoms with Crippen molar-refractivity contribution in [3.05, 3.63) is 0 Å². The molecular formula is C10H20O4. The van der Waals surface area contributed by atoms with Crippen LogP contribution in [0.25, 0.3) is 0 Å². The van der Waals surface area contributed by atoms with E-state index in [4.69, 9.17) is 10.2 Å². The molecule has 0 aromatic rings. The molecule has 0 aromatic carbocycles. The number of hydrogen-bond acceptors (Lipinski definition) is 4. The summed E-state index contributed by atoms with van der Waals surface area (Å²) in [5, 5.41) is 37.0. The van der Waals surface area contributed by atoms with Crippen LogP contribution in [0.15, 0.2) is 0 Å². The summed E-state index contributed by atoms with van der Waals surface area (Å²) >= 11 is 0. The zero-order valence-corrected chi connectivity index (χ0v) is 8.34. The van der Waals surface area contributed by atoms with Crippen molar-refractivity contribution in [2.75, 3.05) is 6.61 Å². The minimum atomic E-state index is -1.23. The predicted octanol–water partition coefficient (Wildman–Crippen LogP) is -0.358. The quantitative estimate of drug-likeness (QED) is 0.504. The van der Waals surface area contributed by atoms with Gasteiger partial charge < -0.3 is 20.4 Å². The van der Waals surface area contributed by atoms with E-state index in [1.54, 1.807) is 0 Å². The highest BCUT2D eigenvalue weighted by molar-refractivity contribution is 4.82. The third kappa shape index (κ3) is 2.92. The summed E-state index contributed by atoms with van der Waals surface area (Å²) in [5.41, 5.74) is 0. The van der Waals surface area contributed by atoms with Crippen LogP contribution in [-0.4, -0.2) is 45.3 Å². The first-order valence-electron chi connectivity index (χ1n) is 5.32. The zero-order valence-electron chi connectivity index (χ0n) is 8.34. The Morgan fingerprint density at radius 3 is 2.07 bits per heavy atom. The second kappa shape index (κ2) is 5.66. The van der Waals surface area contributed by atoms with Crippen LogP contribution in [0, 0.1) is 5.92 Å². The minimum Gasteiger partial charge on any atom is -0.394 e. The topological polar surface area (TPSA) is 80.9 Å². The molecule has 0 bridgehead atoms.